The second-order valence-corrected chi connectivity index (χ2v) is 6.80. The average molecular weight is 329 g/mol. The van der Waals surface area contributed by atoms with Crippen LogP contribution in [0.1, 0.15) is 22.7 Å². The highest BCUT2D eigenvalue weighted by atomic mass is 32.1. The monoisotopic (exact) mass is 329 g/mol. The third-order valence-electron chi connectivity index (χ3n) is 3.98. The van der Waals surface area contributed by atoms with Gasteiger partial charge in [0.1, 0.15) is 5.92 Å². The van der Waals surface area contributed by atoms with Crippen LogP contribution in [0.5, 0.6) is 0 Å². The summed E-state index contributed by atoms with van der Waals surface area (Å²) >= 11 is 1.55. The van der Waals surface area contributed by atoms with E-state index in [0.29, 0.717) is 19.5 Å². The van der Waals surface area contributed by atoms with Gasteiger partial charge < -0.3 is 10.2 Å². The maximum Gasteiger partial charge on any atom is 0.239 e. The second-order valence-electron chi connectivity index (χ2n) is 5.74. The van der Waals surface area contributed by atoms with Crippen LogP contribution in [0.15, 0.2) is 29.6 Å². The summed E-state index contributed by atoms with van der Waals surface area (Å²) in [6, 6.07) is 7.79. The zero-order chi connectivity index (χ0) is 16.4. The molecule has 5 nitrogen and oxygen atoms in total. The first-order valence-corrected chi connectivity index (χ1v) is 8.49. The van der Waals surface area contributed by atoms with Gasteiger partial charge >= 0.3 is 0 Å². The summed E-state index contributed by atoms with van der Waals surface area (Å²) in [5.41, 5.74) is 2.83. The van der Waals surface area contributed by atoms with Crippen LogP contribution in [-0.2, 0) is 16.1 Å². The first-order chi connectivity index (χ1) is 11.0. The summed E-state index contributed by atoms with van der Waals surface area (Å²) in [6.45, 7) is 4.88. The van der Waals surface area contributed by atoms with Gasteiger partial charge in [-0.1, -0.05) is 17.7 Å². The summed E-state index contributed by atoms with van der Waals surface area (Å²) in [4.78, 5) is 30.8. The third-order valence-corrected chi connectivity index (χ3v) is 4.80. The van der Waals surface area contributed by atoms with Crippen LogP contribution >= 0.6 is 11.3 Å². The molecule has 1 saturated heterocycles. The molecule has 0 unspecified atom stereocenters. The van der Waals surface area contributed by atoms with Crippen LogP contribution in [0, 0.1) is 19.8 Å². The SMILES string of the molecule is Cc1ccc(N2CC[C@@H](C(=O)NCc3csc(C)n3)C2=O)cc1. The number of rotatable bonds is 4. The molecule has 0 aliphatic carbocycles. The van der Waals surface area contributed by atoms with Crippen molar-refractivity contribution in [2.75, 3.05) is 11.4 Å². The van der Waals surface area contributed by atoms with Gasteiger partial charge in [0.15, 0.2) is 0 Å². The minimum atomic E-state index is -0.601. The van der Waals surface area contributed by atoms with Crippen molar-refractivity contribution >= 4 is 28.8 Å². The Morgan fingerprint density at radius 3 is 2.74 bits per heavy atom. The average Bonchev–Trinajstić information content (AvgIpc) is 3.12. The summed E-state index contributed by atoms with van der Waals surface area (Å²) in [6.07, 6.45) is 0.550. The number of anilines is 1. The van der Waals surface area contributed by atoms with Gasteiger partial charge in [-0.05, 0) is 32.4 Å². The molecule has 0 bridgehead atoms. The minimum absolute atomic E-state index is 0.124. The molecule has 120 valence electrons. The van der Waals surface area contributed by atoms with E-state index in [1.165, 1.54) is 0 Å². The number of aryl methyl sites for hydroxylation is 2. The summed E-state index contributed by atoms with van der Waals surface area (Å²) in [5, 5.41) is 5.71. The fraction of sp³-hybridized carbons (Fsp3) is 0.353. The highest BCUT2D eigenvalue weighted by molar-refractivity contribution is 7.09. The highest BCUT2D eigenvalue weighted by Gasteiger charge is 2.37. The van der Waals surface area contributed by atoms with Gasteiger partial charge in [-0.2, -0.15) is 0 Å². The predicted octanol–water partition coefficient (Wildman–Crippen LogP) is 2.43. The molecule has 2 aromatic rings. The van der Waals surface area contributed by atoms with Gasteiger partial charge in [0, 0.05) is 17.6 Å². The molecule has 3 rings (SSSR count). The van der Waals surface area contributed by atoms with Crippen LogP contribution in [0.2, 0.25) is 0 Å². The van der Waals surface area contributed by atoms with Crippen LogP contribution in [0.25, 0.3) is 0 Å². The van der Waals surface area contributed by atoms with E-state index < -0.39 is 5.92 Å². The normalized spacial score (nSPS) is 17.6. The van der Waals surface area contributed by atoms with Crippen LogP contribution in [0.4, 0.5) is 5.69 Å². The summed E-state index contributed by atoms with van der Waals surface area (Å²) in [7, 11) is 0. The van der Waals surface area contributed by atoms with Gasteiger partial charge in [0.05, 0.1) is 17.2 Å². The molecular formula is C17H19N3O2S. The molecule has 1 aromatic carbocycles. The maximum atomic E-state index is 12.5. The van der Waals surface area contributed by atoms with E-state index in [1.807, 2.05) is 43.5 Å². The smallest absolute Gasteiger partial charge is 0.239 e. The quantitative estimate of drug-likeness (QED) is 0.876. The Labute approximate surface area is 139 Å². The number of amides is 2. The summed E-state index contributed by atoms with van der Waals surface area (Å²) in [5.74, 6) is -0.938. The van der Waals surface area contributed by atoms with E-state index >= 15 is 0 Å². The van der Waals surface area contributed by atoms with Crippen molar-refractivity contribution in [2.24, 2.45) is 5.92 Å². The zero-order valence-electron chi connectivity index (χ0n) is 13.2. The van der Waals surface area contributed by atoms with Crippen molar-refractivity contribution < 1.29 is 9.59 Å². The molecule has 6 heteroatoms. The van der Waals surface area contributed by atoms with Gasteiger partial charge in [-0.15, -0.1) is 11.3 Å². The second kappa shape index (κ2) is 6.50. The van der Waals surface area contributed by atoms with Gasteiger partial charge in [-0.3, -0.25) is 9.59 Å². The van der Waals surface area contributed by atoms with Gasteiger partial charge in [0.25, 0.3) is 0 Å². The van der Waals surface area contributed by atoms with Crippen LogP contribution in [0.3, 0.4) is 0 Å². The Kier molecular flexibility index (Phi) is 4.43. The number of thiazole rings is 1. The standard InChI is InChI=1S/C17H19N3O2S/c1-11-3-5-14(6-4-11)20-8-7-15(17(20)22)16(21)18-9-13-10-23-12(2)19-13/h3-6,10,15H,7-9H2,1-2H3,(H,18,21)/t15-/m0/s1. The lowest BCUT2D eigenvalue weighted by molar-refractivity contribution is -0.132. The third kappa shape index (κ3) is 3.42. The van der Waals surface area contributed by atoms with E-state index in [9.17, 15) is 9.59 Å². The molecular weight excluding hydrogens is 310 g/mol. The van der Waals surface area contributed by atoms with Gasteiger partial charge in [-0.25, -0.2) is 4.98 Å². The highest BCUT2D eigenvalue weighted by Crippen LogP contribution is 2.25. The lowest BCUT2D eigenvalue weighted by atomic mass is 10.1. The molecule has 2 heterocycles. The molecule has 1 aliphatic rings. The number of nitrogens with zero attached hydrogens (tertiary/aromatic N) is 2. The largest absolute Gasteiger partial charge is 0.350 e. The van der Waals surface area contributed by atoms with Crippen molar-refractivity contribution in [1.82, 2.24) is 10.3 Å². The topological polar surface area (TPSA) is 62.3 Å². The van der Waals surface area contributed by atoms with Crippen molar-refractivity contribution in [1.29, 1.82) is 0 Å². The van der Waals surface area contributed by atoms with E-state index in [0.717, 1.165) is 22.0 Å². The predicted molar refractivity (Wildman–Crippen MR) is 90.3 cm³/mol. The zero-order valence-corrected chi connectivity index (χ0v) is 14.0. The number of nitrogens with one attached hydrogen (secondary N) is 1. The Morgan fingerprint density at radius 1 is 1.35 bits per heavy atom. The maximum absolute atomic E-state index is 12.5. The van der Waals surface area contributed by atoms with Crippen molar-refractivity contribution in [3.63, 3.8) is 0 Å². The molecule has 0 spiro atoms. The van der Waals surface area contributed by atoms with E-state index in [-0.39, 0.29) is 11.8 Å². The first kappa shape index (κ1) is 15.7. The Balaban J connectivity index is 1.61. The van der Waals surface area contributed by atoms with E-state index in [2.05, 4.69) is 10.3 Å². The van der Waals surface area contributed by atoms with Gasteiger partial charge in [0.2, 0.25) is 11.8 Å². The van der Waals surface area contributed by atoms with Crippen molar-refractivity contribution in [3.05, 3.63) is 45.9 Å². The number of carbonyl (C=O) groups excluding carboxylic acids is 2. The van der Waals surface area contributed by atoms with Crippen molar-refractivity contribution in [2.45, 2.75) is 26.8 Å². The fourth-order valence-electron chi connectivity index (χ4n) is 2.69. The number of benzene rings is 1. The molecule has 23 heavy (non-hydrogen) atoms. The minimum Gasteiger partial charge on any atom is -0.350 e. The lowest BCUT2D eigenvalue weighted by Crippen LogP contribution is -2.36. The first-order valence-electron chi connectivity index (χ1n) is 7.61. The molecule has 1 fully saturated rings. The van der Waals surface area contributed by atoms with Crippen molar-refractivity contribution in [3.8, 4) is 0 Å². The lowest BCUT2D eigenvalue weighted by Gasteiger charge is -2.17. The molecule has 0 saturated carbocycles. The van der Waals surface area contributed by atoms with Crippen LogP contribution in [-0.4, -0.2) is 23.3 Å². The fourth-order valence-corrected chi connectivity index (χ4v) is 3.31. The Hall–Kier alpha value is -2.21. The molecule has 1 aromatic heterocycles. The molecule has 1 N–H and O–H groups in total. The molecule has 0 radical (unpaired) electrons. The Bertz CT molecular complexity index is 724. The van der Waals surface area contributed by atoms with E-state index in [4.69, 9.17) is 0 Å². The number of aromatic nitrogens is 1. The number of hydrogen-bond donors (Lipinski definition) is 1. The number of hydrogen-bond acceptors (Lipinski definition) is 4. The van der Waals surface area contributed by atoms with E-state index in [1.54, 1.807) is 16.2 Å². The molecule has 1 aliphatic heterocycles. The summed E-state index contributed by atoms with van der Waals surface area (Å²) < 4.78 is 0. The molecule has 2 amide bonds. The van der Waals surface area contributed by atoms with Crippen LogP contribution < -0.4 is 10.2 Å². The Morgan fingerprint density at radius 2 is 2.09 bits per heavy atom. The molecule has 1 atom stereocenters. The number of carbonyl (C=O) groups is 2.